The van der Waals surface area contributed by atoms with Crippen LogP contribution >= 0.6 is 0 Å². The topological polar surface area (TPSA) is 85.8 Å². The summed E-state index contributed by atoms with van der Waals surface area (Å²) in [5.74, 6) is -0.355. The Bertz CT molecular complexity index is 1290. The monoisotopic (exact) mass is 435 g/mol. The van der Waals surface area contributed by atoms with Crippen LogP contribution in [0, 0.1) is 18.6 Å². The largest absolute Gasteiger partial charge is 0.339 e. The molecule has 1 fully saturated rings. The Kier molecular flexibility index (Phi) is 5.01. The highest BCUT2D eigenvalue weighted by Gasteiger charge is 2.25. The number of aromatic nitrogens is 4. The number of benzene rings is 2. The van der Waals surface area contributed by atoms with E-state index in [1.54, 1.807) is 17.8 Å². The summed E-state index contributed by atoms with van der Waals surface area (Å²) in [6.07, 6.45) is 4.90. The number of hydrogen-bond donors (Lipinski definition) is 1. The second-order valence-corrected chi connectivity index (χ2v) is 7.78. The Hall–Kier alpha value is -3.88. The van der Waals surface area contributed by atoms with E-state index in [-0.39, 0.29) is 11.3 Å². The maximum atomic E-state index is 13.8. The molecular weight excluding hydrogens is 416 g/mol. The highest BCUT2D eigenvalue weighted by molar-refractivity contribution is 6.05. The van der Waals surface area contributed by atoms with Crippen LogP contribution in [0.1, 0.15) is 47.1 Å². The molecule has 5 rings (SSSR count). The Morgan fingerprint density at radius 2 is 1.94 bits per heavy atom. The minimum Gasteiger partial charge on any atom is -0.339 e. The van der Waals surface area contributed by atoms with E-state index in [0.29, 0.717) is 23.3 Å². The van der Waals surface area contributed by atoms with Crippen LogP contribution in [0.3, 0.4) is 0 Å². The number of anilines is 1. The number of nitrogens with zero attached hydrogens (tertiary/aromatic N) is 4. The van der Waals surface area contributed by atoms with Crippen LogP contribution < -0.4 is 5.32 Å². The quantitative estimate of drug-likeness (QED) is 0.475. The van der Waals surface area contributed by atoms with E-state index < -0.39 is 17.5 Å². The normalized spacial score (nSPS) is 13.7. The van der Waals surface area contributed by atoms with Crippen molar-refractivity contribution in [2.45, 2.75) is 32.1 Å². The second kappa shape index (κ2) is 7.99. The van der Waals surface area contributed by atoms with E-state index in [1.165, 1.54) is 6.42 Å². The fourth-order valence-electron chi connectivity index (χ4n) is 3.53. The lowest BCUT2D eigenvalue weighted by Crippen LogP contribution is -2.13. The first kappa shape index (κ1) is 20.0. The molecule has 32 heavy (non-hydrogen) atoms. The van der Waals surface area contributed by atoms with Gasteiger partial charge in [0, 0.05) is 23.7 Å². The molecule has 0 unspecified atom stereocenters. The molecule has 162 valence electrons. The predicted molar refractivity (Wildman–Crippen MR) is 112 cm³/mol. The minimum absolute atomic E-state index is 0.229. The van der Waals surface area contributed by atoms with Crippen molar-refractivity contribution in [2.75, 3.05) is 5.32 Å². The molecular formula is C23H19F2N5O2. The third kappa shape index (κ3) is 3.77. The maximum Gasteiger partial charge on any atom is 0.259 e. The molecule has 4 aromatic rings. The van der Waals surface area contributed by atoms with E-state index in [4.69, 9.17) is 4.52 Å². The van der Waals surface area contributed by atoms with Crippen LogP contribution in [0.2, 0.25) is 0 Å². The van der Waals surface area contributed by atoms with Gasteiger partial charge in [-0.3, -0.25) is 4.79 Å². The van der Waals surface area contributed by atoms with Crippen molar-refractivity contribution in [3.63, 3.8) is 0 Å². The molecule has 1 amide bonds. The van der Waals surface area contributed by atoms with Gasteiger partial charge in [-0.25, -0.2) is 13.5 Å². The first-order valence-corrected chi connectivity index (χ1v) is 10.2. The molecule has 0 radical (unpaired) electrons. The van der Waals surface area contributed by atoms with Crippen LogP contribution in [-0.2, 0) is 0 Å². The minimum atomic E-state index is -0.720. The zero-order chi connectivity index (χ0) is 22.2. The molecule has 0 saturated heterocycles. The van der Waals surface area contributed by atoms with Gasteiger partial charge in [0.1, 0.15) is 11.6 Å². The maximum absolute atomic E-state index is 13.8. The molecule has 0 atom stereocenters. The molecule has 2 heterocycles. The SMILES string of the molecule is Cc1nn(-c2ccc(-c3noc(C4CCC4)n3)cc2)cc1C(=O)Nc1cc(F)ccc1F. The highest BCUT2D eigenvalue weighted by Crippen LogP contribution is 2.36. The zero-order valence-electron chi connectivity index (χ0n) is 17.2. The average Bonchev–Trinajstić information content (AvgIpc) is 3.37. The number of nitrogens with one attached hydrogen (secondary N) is 1. The van der Waals surface area contributed by atoms with Crippen molar-refractivity contribution in [3.8, 4) is 17.1 Å². The molecule has 0 spiro atoms. The van der Waals surface area contributed by atoms with E-state index in [1.807, 2.05) is 24.3 Å². The first-order valence-electron chi connectivity index (χ1n) is 10.2. The second-order valence-electron chi connectivity index (χ2n) is 7.78. The molecule has 7 nitrogen and oxygen atoms in total. The Morgan fingerprint density at radius 3 is 2.66 bits per heavy atom. The van der Waals surface area contributed by atoms with Gasteiger partial charge in [0.25, 0.3) is 5.91 Å². The molecule has 1 aliphatic rings. The summed E-state index contributed by atoms with van der Waals surface area (Å²) in [6.45, 7) is 1.67. The summed E-state index contributed by atoms with van der Waals surface area (Å²) >= 11 is 0. The van der Waals surface area contributed by atoms with Crippen LogP contribution in [0.15, 0.2) is 53.2 Å². The van der Waals surface area contributed by atoms with Crippen molar-refractivity contribution < 1.29 is 18.1 Å². The standard InChI is InChI=1S/C23H19F2N5O2/c1-13-18(22(31)26-20-11-16(24)7-10-19(20)25)12-30(28-13)17-8-5-14(6-9-17)21-27-23(32-29-21)15-3-2-4-15/h5-12,15H,2-4H2,1H3,(H,26,31). The lowest BCUT2D eigenvalue weighted by Gasteiger charge is -2.20. The van der Waals surface area contributed by atoms with Crippen molar-refractivity contribution in [3.05, 3.63) is 77.4 Å². The third-order valence-electron chi connectivity index (χ3n) is 5.61. The number of amides is 1. The number of aryl methyl sites for hydroxylation is 1. The Labute approximate surface area is 182 Å². The Balaban J connectivity index is 1.34. The molecule has 2 aromatic carbocycles. The fourth-order valence-corrected chi connectivity index (χ4v) is 3.53. The van der Waals surface area contributed by atoms with Gasteiger partial charge in [-0.1, -0.05) is 11.6 Å². The summed E-state index contributed by atoms with van der Waals surface area (Å²) in [6, 6.07) is 10.2. The molecule has 0 bridgehead atoms. The summed E-state index contributed by atoms with van der Waals surface area (Å²) in [7, 11) is 0. The number of hydrogen-bond acceptors (Lipinski definition) is 5. The summed E-state index contributed by atoms with van der Waals surface area (Å²) in [5.41, 5.74) is 2.00. The summed E-state index contributed by atoms with van der Waals surface area (Å²) in [5, 5.41) is 10.8. The lowest BCUT2D eigenvalue weighted by molar-refractivity contribution is 0.102. The van der Waals surface area contributed by atoms with Crippen molar-refractivity contribution in [1.82, 2.24) is 19.9 Å². The molecule has 2 aromatic heterocycles. The van der Waals surface area contributed by atoms with E-state index in [9.17, 15) is 13.6 Å². The van der Waals surface area contributed by atoms with Crippen molar-refractivity contribution in [2.24, 2.45) is 0 Å². The fraction of sp³-hybridized carbons (Fsp3) is 0.217. The van der Waals surface area contributed by atoms with Gasteiger partial charge in [-0.05, 0) is 56.2 Å². The number of carbonyl (C=O) groups is 1. The van der Waals surface area contributed by atoms with Gasteiger partial charge in [0.15, 0.2) is 0 Å². The van der Waals surface area contributed by atoms with Gasteiger partial charge in [0.2, 0.25) is 11.7 Å². The summed E-state index contributed by atoms with van der Waals surface area (Å²) < 4.78 is 34.1. The number of halogens is 2. The van der Waals surface area contributed by atoms with Crippen LogP contribution in [-0.4, -0.2) is 25.8 Å². The van der Waals surface area contributed by atoms with Crippen LogP contribution in [0.4, 0.5) is 14.5 Å². The molecule has 1 N–H and O–H groups in total. The third-order valence-corrected chi connectivity index (χ3v) is 5.61. The molecule has 1 aliphatic carbocycles. The summed E-state index contributed by atoms with van der Waals surface area (Å²) in [4.78, 5) is 17.1. The van der Waals surface area contributed by atoms with Gasteiger partial charge in [-0.2, -0.15) is 10.1 Å². The Morgan fingerprint density at radius 1 is 1.16 bits per heavy atom. The van der Waals surface area contributed by atoms with Gasteiger partial charge < -0.3 is 9.84 Å². The average molecular weight is 435 g/mol. The van der Waals surface area contributed by atoms with Crippen LogP contribution in [0.25, 0.3) is 17.1 Å². The van der Waals surface area contributed by atoms with E-state index in [2.05, 4.69) is 20.6 Å². The highest BCUT2D eigenvalue weighted by atomic mass is 19.1. The zero-order valence-corrected chi connectivity index (χ0v) is 17.2. The van der Waals surface area contributed by atoms with Gasteiger partial charge in [0.05, 0.1) is 22.6 Å². The van der Waals surface area contributed by atoms with Gasteiger partial charge >= 0.3 is 0 Å². The first-order chi connectivity index (χ1) is 15.5. The van der Waals surface area contributed by atoms with Crippen LogP contribution in [0.5, 0.6) is 0 Å². The van der Waals surface area contributed by atoms with E-state index >= 15 is 0 Å². The van der Waals surface area contributed by atoms with Gasteiger partial charge in [-0.15, -0.1) is 0 Å². The smallest absolute Gasteiger partial charge is 0.259 e. The predicted octanol–water partition coefficient (Wildman–Crippen LogP) is 5.03. The molecule has 1 saturated carbocycles. The van der Waals surface area contributed by atoms with Crippen molar-refractivity contribution >= 4 is 11.6 Å². The lowest BCUT2D eigenvalue weighted by atomic mass is 9.85. The molecule has 9 heteroatoms. The molecule has 0 aliphatic heterocycles. The van der Waals surface area contributed by atoms with Crippen molar-refractivity contribution in [1.29, 1.82) is 0 Å². The van der Waals surface area contributed by atoms with E-state index in [0.717, 1.165) is 42.3 Å². The number of rotatable bonds is 5. The number of carbonyl (C=O) groups excluding carboxylic acids is 1.